The van der Waals surface area contributed by atoms with Crippen molar-refractivity contribution in [2.24, 2.45) is 0 Å². The summed E-state index contributed by atoms with van der Waals surface area (Å²) in [5.41, 5.74) is 0.307. The van der Waals surface area contributed by atoms with Gasteiger partial charge in [0.2, 0.25) is 0 Å². The van der Waals surface area contributed by atoms with E-state index in [-0.39, 0.29) is 5.97 Å². The Hall–Kier alpha value is -1.51. The summed E-state index contributed by atoms with van der Waals surface area (Å²) in [5, 5.41) is 3.32. The lowest BCUT2D eigenvalue weighted by Crippen LogP contribution is -2.44. The summed E-state index contributed by atoms with van der Waals surface area (Å²) < 4.78 is 5.21. The first-order valence-corrected chi connectivity index (χ1v) is 7.13. The molecule has 3 heteroatoms. The summed E-state index contributed by atoms with van der Waals surface area (Å²) in [6, 6.07) is 9.82. The van der Waals surface area contributed by atoms with Crippen LogP contribution in [0.3, 0.4) is 0 Å². The molecule has 0 aromatic heterocycles. The van der Waals surface area contributed by atoms with Crippen molar-refractivity contribution >= 4 is 11.7 Å². The largest absolute Gasteiger partial charge is 0.464 e. The average molecular weight is 263 g/mol. The molecule has 0 fully saturated rings. The first-order chi connectivity index (χ1) is 9.12. The number of carbonyl (C=O) groups excluding carboxylic acids is 1. The highest BCUT2D eigenvalue weighted by Crippen LogP contribution is 2.23. The van der Waals surface area contributed by atoms with Crippen LogP contribution in [0.1, 0.15) is 46.5 Å². The van der Waals surface area contributed by atoms with Gasteiger partial charge in [-0.15, -0.1) is 0 Å². The zero-order chi connectivity index (χ0) is 14.1. The normalized spacial score (nSPS) is 13.6. The zero-order valence-corrected chi connectivity index (χ0v) is 12.2. The molecule has 1 N–H and O–H groups in total. The molecule has 0 bridgehead atoms. The fourth-order valence-electron chi connectivity index (χ4n) is 2.07. The van der Waals surface area contributed by atoms with Gasteiger partial charge in [-0.3, -0.25) is 0 Å². The number of hydrogen-bond donors (Lipinski definition) is 1. The van der Waals surface area contributed by atoms with E-state index >= 15 is 0 Å². The van der Waals surface area contributed by atoms with E-state index in [4.69, 9.17) is 4.74 Å². The molecule has 0 saturated heterocycles. The quantitative estimate of drug-likeness (QED) is 0.569. The van der Waals surface area contributed by atoms with Crippen LogP contribution in [0.2, 0.25) is 0 Å². The number of nitrogens with one attached hydrogen (secondary N) is 1. The zero-order valence-electron chi connectivity index (χ0n) is 12.2. The summed E-state index contributed by atoms with van der Waals surface area (Å²) in [5.74, 6) is -0.171. The number of rotatable bonds is 8. The number of para-hydroxylation sites is 1. The van der Waals surface area contributed by atoms with E-state index in [9.17, 15) is 4.79 Å². The molecule has 106 valence electrons. The van der Waals surface area contributed by atoms with E-state index in [2.05, 4.69) is 12.2 Å². The minimum absolute atomic E-state index is 0.171. The standard InChI is InChI=1S/C16H25NO2/c1-4-6-10-13-16(3,15(18)19-5-2)17-14-11-8-7-9-12-14/h7-9,11-12,17H,4-6,10,13H2,1-3H3. The molecule has 0 heterocycles. The van der Waals surface area contributed by atoms with Crippen LogP contribution in [0.25, 0.3) is 0 Å². The Morgan fingerprint density at radius 1 is 1.21 bits per heavy atom. The average Bonchev–Trinajstić information content (AvgIpc) is 2.40. The van der Waals surface area contributed by atoms with Gasteiger partial charge >= 0.3 is 5.97 Å². The molecule has 0 aliphatic heterocycles. The van der Waals surface area contributed by atoms with Gasteiger partial charge in [-0.1, -0.05) is 44.4 Å². The second-order valence-corrected chi connectivity index (χ2v) is 5.00. The first kappa shape index (κ1) is 15.5. The van der Waals surface area contributed by atoms with Crippen LogP contribution in [0.4, 0.5) is 5.69 Å². The van der Waals surface area contributed by atoms with E-state index in [1.165, 1.54) is 0 Å². The number of anilines is 1. The first-order valence-electron chi connectivity index (χ1n) is 7.13. The minimum atomic E-state index is -0.646. The van der Waals surface area contributed by atoms with E-state index < -0.39 is 5.54 Å². The molecule has 19 heavy (non-hydrogen) atoms. The van der Waals surface area contributed by atoms with Crippen molar-refractivity contribution in [3.63, 3.8) is 0 Å². The van der Waals surface area contributed by atoms with Gasteiger partial charge in [0.15, 0.2) is 0 Å². The molecule has 0 saturated carbocycles. The highest BCUT2D eigenvalue weighted by atomic mass is 16.5. The van der Waals surface area contributed by atoms with Crippen LogP contribution >= 0.6 is 0 Å². The van der Waals surface area contributed by atoms with Gasteiger partial charge in [0.05, 0.1) is 6.61 Å². The lowest BCUT2D eigenvalue weighted by Gasteiger charge is -2.29. The lowest BCUT2D eigenvalue weighted by atomic mass is 9.94. The molecule has 0 spiro atoms. The molecule has 1 aromatic carbocycles. The van der Waals surface area contributed by atoms with Crippen LogP contribution in [0, 0.1) is 0 Å². The monoisotopic (exact) mass is 263 g/mol. The van der Waals surface area contributed by atoms with Crippen molar-refractivity contribution < 1.29 is 9.53 Å². The van der Waals surface area contributed by atoms with Crippen LogP contribution in [-0.4, -0.2) is 18.1 Å². The van der Waals surface area contributed by atoms with Crippen LogP contribution in [-0.2, 0) is 9.53 Å². The maximum atomic E-state index is 12.2. The van der Waals surface area contributed by atoms with Crippen molar-refractivity contribution in [2.45, 2.75) is 52.0 Å². The smallest absolute Gasteiger partial charge is 0.331 e. The number of hydrogen-bond acceptors (Lipinski definition) is 3. The fraction of sp³-hybridized carbons (Fsp3) is 0.562. The van der Waals surface area contributed by atoms with Crippen molar-refractivity contribution in [1.29, 1.82) is 0 Å². The van der Waals surface area contributed by atoms with Crippen LogP contribution < -0.4 is 5.32 Å². The second kappa shape index (κ2) is 7.82. The summed E-state index contributed by atoms with van der Waals surface area (Å²) >= 11 is 0. The van der Waals surface area contributed by atoms with Crippen molar-refractivity contribution in [2.75, 3.05) is 11.9 Å². The third-order valence-corrected chi connectivity index (χ3v) is 3.20. The SMILES string of the molecule is CCCCCC(C)(Nc1ccccc1)C(=O)OCC. The number of unbranched alkanes of at least 4 members (excludes halogenated alkanes) is 2. The molecule has 1 rings (SSSR count). The molecular weight excluding hydrogens is 238 g/mol. The Bertz CT molecular complexity index is 378. The minimum Gasteiger partial charge on any atom is -0.464 e. The molecule has 3 nitrogen and oxygen atoms in total. The fourth-order valence-corrected chi connectivity index (χ4v) is 2.07. The number of carbonyl (C=O) groups is 1. The Balaban J connectivity index is 2.75. The van der Waals surface area contributed by atoms with Crippen molar-refractivity contribution in [3.8, 4) is 0 Å². The van der Waals surface area contributed by atoms with E-state index in [1.54, 1.807) is 0 Å². The molecule has 0 amide bonds. The van der Waals surface area contributed by atoms with E-state index in [0.717, 1.165) is 31.4 Å². The van der Waals surface area contributed by atoms with Gasteiger partial charge in [-0.2, -0.15) is 0 Å². The second-order valence-electron chi connectivity index (χ2n) is 5.00. The maximum Gasteiger partial charge on any atom is 0.331 e. The van der Waals surface area contributed by atoms with Crippen LogP contribution in [0.5, 0.6) is 0 Å². The Morgan fingerprint density at radius 3 is 2.47 bits per heavy atom. The maximum absolute atomic E-state index is 12.2. The van der Waals surface area contributed by atoms with E-state index in [1.807, 2.05) is 44.2 Å². The van der Waals surface area contributed by atoms with Gasteiger partial charge in [0.1, 0.15) is 5.54 Å². The van der Waals surface area contributed by atoms with Gasteiger partial charge in [-0.25, -0.2) is 4.79 Å². The van der Waals surface area contributed by atoms with Gasteiger partial charge in [0, 0.05) is 5.69 Å². The highest BCUT2D eigenvalue weighted by molar-refractivity contribution is 5.84. The number of benzene rings is 1. The molecule has 1 unspecified atom stereocenters. The summed E-state index contributed by atoms with van der Waals surface area (Å²) in [4.78, 5) is 12.2. The van der Waals surface area contributed by atoms with Crippen molar-refractivity contribution in [3.05, 3.63) is 30.3 Å². The van der Waals surface area contributed by atoms with Crippen molar-refractivity contribution in [1.82, 2.24) is 0 Å². The third-order valence-electron chi connectivity index (χ3n) is 3.20. The number of ether oxygens (including phenoxy) is 1. The predicted molar refractivity (Wildman–Crippen MR) is 79.2 cm³/mol. The van der Waals surface area contributed by atoms with Gasteiger partial charge in [-0.05, 0) is 32.4 Å². The Morgan fingerprint density at radius 2 is 1.89 bits per heavy atom. The molecule has 0 aliphatic rings. The van der Waals surface area contributed by atoms with E-state index in [0.29, 0.717) is 6.61 Å². The molecule has 0 radical (unpaired) electrons. The van der Waals surface area contributed by atoms with Gasteiger partial charge < -0.3 is 10.1 Å². The Labute approximate surface area is 116 Å². The highest BCUT2D eigenvalue weighted by Gasteiger charge is 2.33. The van der Waals surface area contributed by atoms with Crippen LogP contribution in [0.15, 0.2) is 30.3 Å². The summed E-state index contributed by atoms with van der Waals surface area (Å²) in [6.07, 6.45) is 4.08. The third kappa shape index (κ3) is 4.93. The molecule has 1 aromatic rings. The van der Waals surface area contributed by atoms with Gasteiger partial charge in [0.25, 0.3) is 0 Å². The molecule has 1 atom stereocenters. The summed E-state index contributed by atoms with van der Waals surface area (Å²) in [6.45, 7) is 6.34. The lowest BCUT2D eigenvalue weighted by molar-refractivity contribution is -0.148. The predicted octanol–water partition coefficient (Wildman–Crippen LogP) is 4.00. The molecule has 0 aliphatic carbocycles. The molecular formula is C16H25NO2. The summed E-state index contributed by atoms with van der Waals surface area (Å²) in [7, 11) is 0. The topological polar surface area (TPSA) is 38.3 Å². The number of esters is 1. The Kier molecular flexibility index (Phi) is 6.40.